The van der Waals surface area contributed by atoms with Crippen molar-refractivity contribution in [3.05, 3.63) is 0 Å². The highest BCUT2D eigenvalue weighted by Gasteiger charge is 2.35. The topological polar surface area (TPSA) is 60.9 Å². The predicted molar refractivity (Wildman–Crippen MR) is 73.9 cm³/mol. The standard InChI is InChI=1S/C14H26N2O3/c1-10-8-16(9-11(10)15(4)5)12(17)6-14(2,3)7-13(18)19/h10-11H,6-9H2,1-5H3,(H,18,19). The Morgan fingerprint density at radius 2 is 1.84 bits per heavy atom. The zero-order valence-electron chi connectivity index (χ0n) is 12.6. The summed E-state index contributed by atoms with van der Waals surface area (Å²) in [7, 11) is 4.06. The molecular weight excluding hydrogens is 244 g/mol. The number of carboxylic acids is 1. The summed E-state index contributed by atoms with van der Waals surface area (Å²) in [4.78, 5) is 27.1. The van der Waals surface area contributed by atoms with E-state index in [0.29, 0.717) is 18.4 Å². The van der Waals surface area contributed by atoms with Gasteiger partial charge >= 0.3 is 5.97 Å². The van der Waals surface area contributed by atoms with E-state index in [2.05, 4.69) is 11.8 Å². The lowest BCUT2D eigenvalue weighted by atomic mass is 9.85. The Morgan fingerprint density at radius 1 is 1.26 bits per heavy atom. The number of hydrogen-bond donors (Lipinski definition) is 1. The second-order valence-electron chi connectivity index (χ2n) is 6.72. The fourth-order valence-electron chi connectivity index (χ4n) is 2.82. The third-order valence-corrected chi connectivity index (χ3v) is 3.85. The molecule has 0 radical (unpaired) electrons. The summed E-state index contributed by atoms with van der Waals surface area (Å²) in [5, 5.41) is 8.85. The highest BCUT2D eigenvalue weighted by Crippen LogP contribution is 2.28. The third-order valence-electron chi connectivity index (χ3n) is 3.85. The molecule has 1 saturated heterocycles. The Morgan fingerprint density at radius 3 is 2.26 bits per heavy atom. The van der Waals surface area contributed by atoms with E-state index in [9.17, 15) is 9.59 Å². The molecule has 1 heterocycles. The third kappa shape index (κ3) is 4.49. The molecule has 2 atom stereocenters. The van der Waals surface area contributed by atoms with E-state index >= 15 is 0 Å². The fraction of sp³-hybridized carbons (Fsp3) is 0.857. The monoisotopic (exact) mass is 270 g/mol. The number of carbonyl (C=O) groups excluding carboxylic acids is 1. The molecule has 0 aromatic heterocycles. The predicted octanol–water partition coefficient (Wildman–Crippen LogP) is 1.29. The van der Waals surface area contributed by atoms with Crippen LogP contribution in [0.2, 0.25) is 0 Å². The zero-order valence-corrected chi connectivity index (χ0v) is 12.6. The van der Waals surface area contributed by atoms with Gasteiger partial charge in [-0.2, -0.15) is 0 Å². The summed E-state index contributed by atoms with van der Waals surface area (Å²) < 4.78 is 0. The second kappa shape index (κ2) is 5.90. The molecule has 1 N–H and O–H groups in total. The summed E-state index contributed by atoms with van der Waals surface area (Å²) in [5.41, 5.74) is -0.484. The van der Waals surface area contributed by atoms with Crippen molar-refractivity contribution in [1.29, 1.82) is 0 Å². The first-order valence-corrected chi connectivity index (χ1v) is 6.78. The van der Waals surface area contributed by atoms with Crippen molar-refractivity contribution in [2.24, 2.45) is 11.3 Å². The van der Waals surface area contributed by atoms with Gasteiger partial charge in [0, 0.05) is 25.6 Å². The number of likely N-dealkylation sites (N-methyl/N-ethyl adjacent to an activating group) is 1. The highest BCUT2D eigenvalue weighted by molar-refractivity contribution is 5.78. The largest absolute Gasteiger partial charge is 0.481 e. The van der Waals surface area contributed by atoms with Gasteiger partial charge in [0.2, 0.25) is 5.91 Å². The van der Waals surface area contributed by atoms with E-state index in [1.807, 2.05) is 32.8 Å². The number of rotatable bonds is 5. The molecule has 1 amide bonds. The van der Waals surface area contributed by atoms with Gasteiger partial charge in [0.25, 0.3) is 0 Å². The minimum absolute atomic E-state index is 0.0270. The van der Waals surface area contributed by atoms with Crippen molar-refractivity contribution in [3.63, 3.8) is 0 Å². The number of hydrogen-bond acceptors (Lipinski definition) is 3. The average Bonchev–Trinajstić information content (AvgIpc) is 2.57. The highest BCUT2D eigenvalue weighted by atomic mass is 16.4. The van der Waals surface area contributed by atoms with Gasteiger partial charge in [-0.3, -0.25) is 9.59 Å². The van der Waals surface area contributed by atoms with Crippen molar-refractivity contribution in [1.82, 2.24) is 9.80 Å². The lowest BCUT2D eigenvalue weighted by molar-refractivity contribution is -0.140. The van der Waals surface area contributed by atoms with Crippen molar-refractivity contribution in [2.45, 2.75) is 39.7 Å². The molecule has 1 rings (SSSR count). The molecule has 0 bridgehead atoms. The van der Waals surface area contributed by atoms with Crippen LogP contribution in [-0.4, -0.2) is 60.0 Å². The Hall–Kier alpha value is -1.10. The van der Waals surface area contributed by atoms with Gasteiger partial charge in [-0.15, -0.1) is 0 Å². The normalized spacial score (nSPS) is 24.0. The van der Waals surface area contributed by atoms with Gasteiger partial charge in [-0.05, 0) is 25.4 Å². The lowest BCUT2D eigenvalue weighted by Gasteiger charge is -2.26. The van der Waals surface area contributed by atoms with E-state index in [-0.39, 0.29) is 12.3 Å². The summed E-state index contributed by atoms with van der Waals surface area (Å²) >= 11 is 0. The lowest BCUT2D eigenvalue weighted by Crippen LogP contribution is -2.37. The average molecular weight is 270 g/mol. The molecule has 1 aliphatic rings. The molecule has 0 aromatic carbocycles. The van der Waals surface area contributed by atoms with Gasteiger partial charge in [0.15, 0.2) is 0 Å². The van der Waals surface area contributed by atoms with E-state index in [1.165, 1.54) is 0 Å². The number of amides is 1. The van der Waals surface area contributed by atoms with Crippen LogP contribution < -0.4 is 0 Å². The van der Waals surface area contributed by atoms with Crippen LogP contribution in [0.4, 0.5) is 0 Å². The second-order valence-corrected chi connectivity index (χ2v) is 6.72. The molecule has 0 saturated carbocycles. The van der Waals surface area contributed by atoms with Crippen molar-refractivity contribution >= 4 is 11.9 Å². The number of nitrogens with zero attached hydrogens (tertiary/aromatic N) is 2. The number of likely N-dealkylation sites (tertiary alicyclic amines) is 1. The molecule has 110 valence electrons. The van der Waals surface area contributed by atoms with Gasteiger partial charge in [0.05, 0.1) is 6.42 Å². The van der Waals surface area contributed by atoms with Gasteiger partial charge in [-0.25, -0.2) is 0 Å². The van der Waals surface area contributed by atoms with E-state index in [1.54, 1.807) is 0 Å². The summed E-state index contributed by atoms with van der Waals surface area (Å²) in [6.45, 7) is 7.34. The minimum Gasteiger partial charge on any atom is -0.481 e. The molecule has 2 unspecified atom stereocenters. The fourth-order valence-corrected chi connectivity index (χ4v) is 2.82. The molecule has 1 fully saturated rings. The minimum atomic E-state index is -0.848. The van der Waals surface area contributed by atoms with Crippen LogP contribution in [0.15, 0.2) is 0 Å². The van der Waals surface area contributed by atoms with Crippen LogP contribution in [0.5, 0.6) is 0 Å². The van der Waals surface area contributed by atoms with E-state index in [4.69, 9.17) is 5.11 Å². The first-order valence-electron chi connectivity index (χ1n) is 6.78. The number of aliphatic carboxylic acids is 1. The number of carboxylic acid groups (broad SMARTS) is 1. The van der Waals surface area contributed by atoms with E-state index in [0.717, 1.165) is 13.1 Å². The molecule has 19 heavy (non-hydrogen) atoms. The van der Waals surface area contributed by atoms with Crippen LogP contribution >= 0.6 is 0 Å². The Kier molecular flexibility index (Phi) is 4.96. The molecule has 0 aromatic rings. The Balaban J connectivity index is 2.58. The molecule has 0 aliphatic carbocycles. The summed E-state index contributed by atoms with van der Waals surface area (Å²) in [6, 6.07) is 0.395. The van der Waals surface area contributed by atoms with Crippen molar-refractivity contribution in [2.75, 3.05) is 27.2 Å². The molecule has 1 aliphatic heterocycles. The quantitative estimate of drug-likeness (QED) is 0.817. The first-order chi connectivity index (χ1) is 8.62. The molecular formula is C14H26N2O3. The zero-order chi connectivity index (χ0) is 14.8. The van der Waals surface area contributed by atoms with E-state index < -0.39 is 11.4 Å². The molecule has 0 spiro atoms. The molecule has 5 nitrogen and oxygen atoms in total. The number of carbonyl (C=O) groups is 2. The summed E-state index contributed by atoms with van der Waals surface area (Å²) in [6.07, 6.45) is 0.325. The van der Waals surface area contributed by atoms with Crippen molar-refractivity contribution in [3.8, 4) is 0 Å². The first kappa shape index (κ1) is 16.0. The maximum Gasteiger partial charge on any atom is 0.303 e. The summed E-state index contributed by atoms with van der Waals surface area (Å²) in [5.74, 6) is -0.317. The molecule has 5 heteroatoms. The van der Waals surface area contributed by atoms with Gasteiger partial charge in [0.1, 0.15) is 0 Å². The Bertz CT molecular complexity index is 353. The maximum atomic E-state index is 12.3. The smallest absolute Gasteiger partial charge is 0.303 e. The van der Waals surface area contributed by atoms with Crippen LogP contribution in [0, 0.1) is 11.3 Å². The van der Waals surface area contributed by atoms with Crippen LogP contribution in [0.1, 0.15) is 33.6 Å². The van der Waals surface area contributed by atoms with Crippen LogP contribution in [0.25, 0.3) is 0 Å². The van der Waals surface area contributed by atoms with Crippen molar-refractivity contribution < 1.29 is 14.7 Å². The van der Waals surface area contributed by atoms with Gasteiger partial charge in [-0.1, -0.05) is 20.8 Å². The maximum absolute atomic E-state index is 12.3. The van der Waals surface area contributed by atoms with Gasteiger partial charge < -0.3 is 14.9 Å². The van der Waals surface area contributed by atoms with Crippen LogP contribution in [0.3, 0.4) is 0 Å². The van der Waals surface area contributed by atoms with Crippen LogP contribution in [-0.2, 0) is 9.59 Å². The SMILES string of the molecule is CC1CN(C(=O)CC(C)(C)CC(=O)O)CC1N(C)C. The Labute approximate surface area is 115 Å².